The van der Waals surface area contributed by atoms with Crippen LogP contribution < -0.4 is 9.46 Å². The van der Waals surface area contributed by atoms with E-state index in [2.05, 4.69) is 29.6 Å². The zero-order chi connectivity index (χ0) is 26.0. The van der Waals surface area contributed by atoms with Gasteiger partial charge in [-0.25, -0.2) is 22.9 Å². The Bertz CT molecular complexity index is 1320. The van der Waals surface area contributed by atoms with E-state index < -0.39 is 23.8 Å². The van der Waals surface area contributed by atoms with Crippen LogP contribution in [-0.4, -0.2) is 23.2 Å². The molecule has 0 saturated heterocycles. The fraction of sp³-hybridized carbons (Fsp3) is 0.308. The van der Waals surface area contributed by atoms with Crippen molar-refractivity contribution in [1.82, 2.24) is 4.98 Å². The molecule has 4 rings (SSSR count). The van der Waals surface area contributed by atoms with Gasteiger partial charge >= 0.3 is 5.97 Å². The van der Waals surface area contributed by atoms with Crippen molar-refractivity contribution in [1.29, 1.82) is 0 Å². The monoisotopic (exact) mass is 534 g/mol. The number of thiazole rings is 1. The number of carboxylic acid groups (broad SMARTS) is 1. The Hall–Kier alpha value is -2.98. The number of aromatic carboxylic acids is 1. The van der Waals surface area contributed by atoms with Gasteiger partial charge in [-0.15, -0.1) is 11.3 Å². The highest BCUT2D eigenvalue weighted by Gasteiger charge is 2.24. The number of carboxylic acids is 1. The zero-order valence-corrected chi connectivity index (χ0v) is 21.5. The number of nitrogens with one attached hydrogen (secondary N) is 1. The second-order valence-corrected chi connectivity index (χ2v) is 10.9. The van der Waals surface area contributed by atoms with Gasteiger partial charge in [0, 0.05) is 34.5 Å². The van der Waals surface area contributed by atoms with Crippen molar-refractivity contribution in [2.24, 2.45) is 5.41 Å². The van der Waals surface area contributed by atoms with E-state index in [4.69, 9.17) is 9.84 Å². The van der Waals surface area contributed by atoms with Gasteiger partial charge < -0.3 is 14.6 Å². The lowest BCUT2D eigenvalue weighted by atomic mass is 9.77. The maximum absolute atomic E-state index is 14.1. The van der Waals surface area contributed by atoms with E-state index in [0.717, 1.165) is 54.5 Å². The molecule has 10 heteroatoms. The summed E-state index contributed by atoms with van der Waals surface area (Å²) in [4.78, 5) is 15.6. The third-order valence-corrected chi connectivity index (χ3v) is 7.89. The van der Waals surface area contributed by atoms with Gasteiger partial charge in [-0.1, -0.05) is 32.1 Å². The first-order valence-corrected chi connectivity index (χ1v) is 12.9. The molecule has 0 fully saturated rings. The van der Waals surface area contributed by atoms with Crippen molar-refractivity contribution in [3.8, 4) is 16.3 Å². The fourth-order valence-electron chi connectivity index (χ4n) is 3.98. The molecule has 1 aliphatic rings. The molecule has 190 valence electrons. The predicted molar refractivity (Wildman–Crippen MR) is 138 cm³/mol. The summed E-state index contributed by atoms with van der Waals surface area (Å²) in [6, 6.07) is 7.24. The molecule has 0 bridgehead atoms. The number of carbonyl (C=O) groups is 1. The van der Waals surface area contributed by atoms with Gasteiger partial charge in [0.15, 0.2) is 0 Å². The number of nitrogens with zero attached hydrogens (tertiary/aromatic N) is 1. The van der Waals surface area contributed by atoms with Crippen molar-refractivity contribution in [3.05, 3.63) is 64.3 Å². The molecule has 36 heavy (non-hydrogen) atoms. The topological polar surface area (TPSA) is 71.5 Å². The molecule has 0 spiro atoms. The third-order valence-electron chi connectivity index (χ3n) is 6.13. The highest BCUT2D eigenvalue weighted by molar-refractivity contribution is 8.00. The van der Waals surface area contributed by atoms with Gasteiger partial charge in [0.25, 0.3) is 6.43 Å². The summed E-state index contributed by atoms with van der Waals surface area (Å²) in [6.07, 6.45) is 2.28. The van der Waals surface area contributed by atoms with Crippen LogP contribution in [0.25, 0.3) is 16.1 Å². The standard InChI is InChI=1S/C26H25F3N2O3S2/c1-26(2)8-6-14(7-9-26)15-4-5-16(17(10-15)23(28)29)24-30-22(13-35-24)36-31-20-12-19(27)18(25(32)33)11-21(20)34-3/h4-6,10-13,23,31H,7-9H2,1-3H3,(H,32,33). The Kier molecular flexibility index (Phi) is 7.65. The first-order valence-electron chi connectivity index (χ1n) is 11.2. The van der Waals surface area contributed by atoms with Crippen LogP contribution in [0.15, 0.2) is 46.8 Å². The summed E-state index contributed by atoms with van der Waals surface area (Å²) in [5.74, 6) is -2.17. The number of alkyl halides is 2. The predicted octanol–water partition coefficient (Wildman–Crippen LogP) is 8.31. The minimum Gasteiger partial charge on any atom is -0.495 e. The van der Waals surface area contributed by atoms with E-state index in [1.54, 1.807) is 17.5 Å². The van der Waals surface area contributed by atoms with Crippen LogP contribution in [0.2, 0.25) is 0 Å². The van der Waals surface area contributed by atoms with Crippen LogP contribution in [0, 0.1) is 11.2 Å². The number of halogens is 3. The highest BCUT2D eigenvalue weighted by Crippen LogP contribution is 2.41. The molecule has 2 N–H and O–H groups in total. The summed E-state index contributed by atoms with van der Waals surface area (Å²) in [5, 5.41) is 11.7. The van der Waals surface area contributed by atoms with Crippen LogP contribution in [0.3, 0.4) is 0 Å². The van der Waals surface area contributed by atoms with Crippen LogP contribution in [-0.2, 0) is 0 Å². The van der Waals surface area contributed by atoms with Crippen LogP contribution in [0.5, 0.6) is 5.75 Å². The van der Waals surface area contributed by atoms with Gasteiger partial charge in [0.05, 0.1) is 18.4 Å². The van der Waals surface area contributed by atoms with E-state index in [9.17, 15) is 18.0 Å². The molecule has 1 aliphatic carbocycles. The summed E-state index contributed by atoms with van der Waals surface area (Å²) < 4.78 is 50.2. The number of hydrogen-bond donors (Lipinski definition) is 2. The summed E-state index contributed by atoms with van der Waals surface area (Å²) in [6.45, 7) is 4.41. The lowest BCUT2D eigenvalue weighted by Crippen LogP contribution is -2.14. The average molecular weight is 535 g/mol. The molecule has 0 saturated carbocycles. The van der Waals surface area contributed by atoms with Crippen molar-refractivity contribution in [2.45, 2.75) is 44.6 Å². The van der Waals surface area contributed by atoms with E-state index in [-0.39, 0.29) is 22.4 Å². The Balaban J connectivity index is 1.55. The van der Waals surface area contributed by atoms with Crippen molar-refractivity contribution >= 4 is 40.5 Å². The molecule has 0 unspecified atom stereocenters. The van der Waals surface area contributed by atoms with Gasteiger partial charge in [-0.05, 0) is 47.9 Å². The molecule has 0 aliphatic heterocycles. The maximum Gasteiger partial charge on any atom is 0.338 e. The second kappa shape index (κ2) is 10.6. The largest absolute Gasteiger partial charge is 0.495 e. The fourth-order valence-corrected chi connectivity index (χ4v) is 5.61. The number of aromatic nitrogens is 1. The number of anilines is 1. The summed E-state index contributed by atoms with van der Waals surface area (Å²) in [7, 11) is 1.34. The Morgan fingerprint density at radius 3 is 2.69 bits per heavy atom. The first-order chi connectivity index (χ1) is 17.1. The quantitative estimate of drug-likeness (QED) is 0.283. The molecule has 1 heterocycles. The lowest BCUT2D eigenvalue weighted by molar-refractivity contribution is 0.0691. The zero-order valence-electron chi connectivity index (χ0n) is 19.9. The molecule has 2 aromatic carbocycles. The van der Waals surface area contributed by atoms with Crippen molar-refractivity contribution in [2.75, 3.05) is 11.8 Å². The lowest BCUT2D eigenvalue weighted by Gasteiger charge is -2.29. The Labute approximate surface area is 215 Å². The molecule has 3 aromatic rings. The molecule has 0 radical (unpaired) electrons. The van der Waals surface area contributed by atoms with Gasteiger partial charge in [-0.2, -0.15) is 0 Å². The highest BCUT2D eigenvalue weighted by atomic mass is 32.2. The normalized spacial score (nSPS) is 15.0. The number of allylic oxidation sites excluding steroid dienone is 2. The molecular weight excluding hydrogens is 509 g/mol. The second-order valence-electron chi connectivity index (χ2n) is 9.23. The van der Waals surface area contributed by atoms with E-state index in [0.29, 0.717) is 15.6 Å². The molecule has 0 atom stereocenters. The van der Waals surface area contributed by atoms with Gasteiger partial charge in [0.1, 0.15) is 21.6 Å². The Morgan fingerprint density at radius 1 is 1.28 bits per heavy atom. The molecule has 0 amide bonds. The van der Waals surface area contributed by atoms with E-state index in [1.807, 2.05) is 6.07 Å². The number of hydrogen-bond acceptors (Lipinski definition) is 6. The maximum atomic E-state index is 14.1. The smallest absolute Gasteiger partial charge is 0.338 e. The minimum absolute atomic E-state index is 0.0647. The van der Waals surface area contributed by atoms with Gasteiger partial charge in [0.2, 0.25) is 0 Å². The van der Waals surface area contributed by atoms with Crippen molar-refractivity contribution < 1.29 is 27.8 Å². The summed E-state index contributed by atoms with van der Waals surface area (Å²) >= 11 is 2.27. The number of methoxy groups -OCH3 is 1. The first kappa shape index (κ1) is 26.1. The number of rotatable bonds is 8. The van der Waals surface area contributed by atoms with Crippen LogP contribution >= 0.6 is 23.3 Å². The average Bonchev–Trinajstić information content (AvgIpc) is 3.31. The third kappa shape index (κ3) is 5.70. The van der Waals surface area contributed by atoms with Crippen LogP contribution in [0.4, 0.5) is 18.9 Å². The SMILES string of the molecule is COc1cc(C(=O)O)c(F)cc1NSc1csc(-c2ccc(C3=CCC(C)(C)CC3)cc2C(F)F)n1. The van der Waals surface area contributed by atoms with E-state index in [1.165, 1.54) is 18.4 Å². The molecule has 5 nitrogen and oxygen atoms in total. The molecular formula is C26H25F3N2O3S2. The van der Waals surface area contributed by atoms with Crippen LogP contribution in [0.1, 0.15) is 61.0 Å². The Morgan fingerprint density at radius 2 is 2.06 bits per heavy atom. The van der Waals surface area contributed by atoms with Crippen molar-refractivity contribution in [3.63, 3.8) is 0 Å². The summed E-state index contributed by atoms with van der Waals surface area (Å²) in [5.41, 5.74) is 2.16. The number of ether oxygens (including phenoxy) is 1. The van der Waals surface area contributed by atoms with E-state index >= 15 is 0 Å². The van der Waals surface area contributed by atoms with Gasteiger partial charge in [-0.3, -0.25) is 0 Å². The molecule has 1 aromatic heterocycles. The minimum atomic E-state index is -2.65. The number of benzene rings is 2.